The second-order valence-corrected chi connectivity index (χ2v) is 6.66. The molecule has 0 bridgehead atoms. The Hall–Kier alpha value is -3.00. The standard InChI is InChI=1S/C18H15ClFN3O4/c1-10-2-4-13(8-14(10)19)22-9-11(6-17(22)24)18(25)21-12-3-5-15(20)16(7-12)23(26)27/h2-5,7-8,11H,6,9H2,1H3,(H,21,25). The maximum atomic E-state index is 13.4. The molecule has 3 rings (SSSR count). The number of benzene rings is 2. The summed E-state index contributed by atoms with van der Waals surface area (Å²) in [5.41, 5.74) is 0.839. The first kappa shape index (κ1) is 18.8. The van der Waals surface area contributed by atoms with Crippen LogP contribution in [0.2, 0.25) is 5.02 Å². The molecule has 1 atom stereocenters. The van der Waals surface area contributed by atoms with Crippen LogP contribution in [0.4, 0.5) is 21.5 Å². The molecule has 0 saturated carbocycles. The predicted molar refractivity (Wildman–Crippen MR) is 98.3 cm³/mol. The largest absolute Gasteiger partial charge is 0.326 e. The molecule has 1 heterocycles. The molecular formula is C18H15ClFN3O4. The fourth-order valence-electron chi connectivity index (χ4n) is 2.86. The first-order chi connectivity index (χ1) is 12.8. The molecule has 27 heavy (non-hydrogen) atoms. The van der Waals surface area contributed by atoms with Crippen molar-refractivity contribution >= 4 is 40.5 Å². The Labute approximate surface area is 158 Å². The molecule has 1 aliphatic heterocycles. The van der Waals surface area contributed by atoms with Gasteiger partial charge >= 0.3 is 5.69 Å². The summed E-state index contributed by atoms with van der Waals surface area (Å²) < 4.78 is 13.4. The molecule has 7 nitrogen and oxygen atoms in total. The maximum absolute atomic E-state index is 13.4. The van der Waals surface area contributed by atoms with Crippen molar-refractivity contribution in [3.8, 4) is 0 Å². The van der Waals surface area contributed by atoms with Gasteiger partial charge in [0.05, 0.1) is 10.8 Å². The molecule has 1 saturated heterocycles. The van der Waals surface area contributed by atoms with Gasteiger partial charge in [-0.15, -0.1) is 0 Å². The Kier molecular flexibility index (Phi) is 5.09. The minimum atomic E-state index is -0.989. The van der Waals surface area contributed by atoms with Crippen LogP contribution >= 0.6 is 11.6 Å². The third-order valence-electron chi connectivity index (χ3n) is 4.37. The van der Waals surface area contributed by atoms with E-state index in [4.69, 9.17) is 11.6 Å². The molecule has 0 aromatic heterocycles. The number of aryl methyl sites for hydroxylation is 1. The molecule has 2 amide bonds. The third-order valence-corrected chi connectivity index (χ3v) is 4.78. The van der Waals surface area contributed by atoms with Gasteiger partial charge in [0.25, 0.3) is 0 Å². The van der Waals surface area contributed by atoms with E-state index in [9.17, 15) is 24.1 Å². The molecule has 1 aliphatic rings. The summed E-state index contributed by atoms with van der Waals surface area (Å²) in [6.07, 6.45) is 0.000612. The summed E-state index contributed by atoms with van der Waals surface area (Å²) >= 11 is 6.10. The lowest BCUT2D eigenvalue weighted by atomic mass is 10.1. The number of nitrogens with one attached hydrogen (secondary N) is 1. The maximum Gasteiger partial charge on any atom is 0.306 e. The van der Waals surface area contributed by atoms with Crippen molar-refractivity contribution in [2.75, 3.05) is 16.8 Å². The van der Waals surface area contributed by atoms with E-state index in [2.05, 4.69) is 5.32 Å². The number of carbonyl (C=O) groups excluding carboxylic acids is 2. The van der Waals surface area contributed by atoms with Crippen LogP contribution in [-0.4, -0.2) is 23.3 Å². The van der Waals surface area contributed by atoms with Gasteiger partial charge in [-0.1, -0.05) is 17.7 Å². The van der Waals surface area contributed by atoms with Crippen LogP contribution in [0, 0.1) is 28.8 Å². The highest BCUT2D eigenvalue weighted by atomic mass is 35.5. The van der Waals surface area contributed by atoms with Crippen molar-refractivity contribution < 1.29 is 18.9 Å². The Morgan fingerprint density at radius 1 is 1.33 bits per heavy atom. The van der Waals surface area contributed by atoms with E-state index >= 15 is 0 Å². The average Bonchev–Trinajstić information content (AvgIpc) is 3.00. The van der Waals surface area contributed by atoms with Crippen LogP contribution in [0.3, 0.4) is 0 Å². The van der Waals surface area contributed by atoms with Crippen molar-refractivity contribution in [1.29, 1.82) is 0 Å². The average molecular weight is 392 g/mol. The van der Waals surface area contributed by atoms with Crippen molar-refractivity contribution in [2.24, 2.45) is 5.92 Å². The molecule has 0 radical (unpaired) electrons. The van der Waals surface area contributed by atoms with E-state index in [-0.39, 0.29) is 24.6 Å². The highest BCUT2D eigenvalue weighted by Crippen LogP contribution is 2.30. The number of halogens is 2. The Balaban J connectivity index is 1.73. The Morgan fingerprint density at radius 3 is 2.74 bits per heavy atom. The number of amides is 2. The topological polar surface area (TPSA) is 92.6 Å². The van der Waals surface area contributed by atoms with Crippen molar-refractivity contribution in [3.05, 3.63) is 62.9 Å². The number of carbonyl (C=O) groups is 2. The highest BCUT2D eigenvalue weighted by Gasteiger charge is 2.35. The highest BCUT2D eigenvalue weighted by molar-refractivity contribution is 6.31. The number of hydrogen-bond acceptors (Lipinski definition) is 4. The van der Waals surface area contributed by atoms with Gasteiger partial charge in [0.2, 0.25) is 17.6 Å². The molecular weight excluding hydrogens is 377 g/mol. The number of hydrogen-bond donors (Lipinski definition) is 1. The zero-order chi connectivity index (χ0) is 19.7. The smallest absolute Gasteiger partial charge is 0.306 e. The van der Waals surface area contributed by atoms with E-state index in [0.29, 0.717) is 10.7 Å². The number of nitro benzene ring substituents is 1. The third kappa shape index (κ3) is 3.90. The van der Waals surface area contributed by atoms with Gasteiger partial charge in [0, 0.05) is 35.4 Å². The molecule has 0 spiro atoms. The summed E-state index contributed by atoms with van der Waals surface area (Å²) in [6.45, 7) is 2.00. The van der Waals surface area contributed by atoms with Crippen molar-refractivity contribution in [3.63, 3.8) is 0 Å². The van der Waals surface area contributed by atoms with Crippen LogP contribution < -0.4 is 10.2 Å². The van der Waals surface area contributed by atoms with Gasteiger partial charge in [-0.05, 0) is 36.8 Å². The van der Waals surface area contributed by atoms with Gasteiger partial charge in [0.15, 0.2) is 0 Å². The van der Waals surface area contributed by atoms with Crippen LogP contribution in [0.5, 0.6) is 0 Å². The van der Waals surface area contributed by atoms with E-state index in [0.717, 1.165) is 17.7 Å². The molecule has 2 aromatic carbocycles. The van der Waals surface area contributed by atoms with Crippen LogP contribution in [0.1, 0.15) is 12.0 Å². The number of nitro groups is 1. The fourth-order valence-corrected chi connectivity index (χ4v) is 3.03. The first-order valence-electron chi connectivity index (χ1n) is 8.07. The van der Waals surface area contributed by atoms with Crippen molar-refractivity contribution in [2.45, 2.75) is 13.3 Å². The summed E-state index contributed by atoms with van der Waals surface area (Å²) in [5.74, 6) is -2.32. The lowest BCUT2D eigenvalue weighted by molar-refractivity contribution is -0.387. The van der Waals surface area contributed by atoms with Crippen LogP contribution in [0.25, 0.3) is 0 Å². The van der Waals surface area contributed by atoms with Gasteiger partial charge in [-0.25, -0.2) is 0 Å². The van der Waals surface area contributed by atoms with E-state index < -0.39 is 28.3 Å². The quantitative estimate of drug-likeness (QED) is 0.635. The lowest BCUT2D eigenvalue weighted by Crippen LogP contribution is -2.28. The zero-order valence-electron chi connectivity index (χ0n) is 14.2. The first-order valence-corrected chi connectivity index (χ1v) is 8.45. The second kappa shape index (κ2) is 7.32. The summed E-state index contributed by atoms with van der Waals surface area (Å²) in [6, 6.07) is 8.29. The minimum Gasteiger partial charge on any atom is -0.326 e. The lowest BCUT2D eigenvalue weighted by Gasteiger charge is -2.17. The monoisotopic (exact) mass is 391 g/mol. The van der Waals surface area contributed by atoms with E-state index in [1.165, 1.54) is 11.0 Å². The molecule has 1 fully saturated rings. The van der Waals surface area contributed by atoms with E-state index in [1.807, 2.05) is 6.92 Å². The van der Waals surface area contributed by atoms with Gasteiger partial charge in [-0.3, -0.25) is 19.7 Å². The van der Waals surface area contributed by atoms with Gasteiger partial charge in [-0.2, -0.15) is 4.39 Å². The predicted octanol–water partition coefficient (Wildman–Crippen LogP) is 3.69. The van der Waals surface area contributed by atoms with Gasteiger partial charge < -0.3 is 10.2 Å². The SMILES string of the molecule is Cc1ccc(N2CC(C(=O)Nc3ccc(F)c([N+](=O)[O-])c3)CC2=O)cc1Cl. The molecule has 0 aliphatic carbocycles. The molecule has 1 unspecified atom stereocenters. The number of nitrogens with zero attached hydrogens (tertiary/aromatic N) is 2. The Bertz CT molecular complexity index is 950. The van der Waals surface area contributed by atoms with Gasteiger partial charge in [0.1, 0.15) is 0 Å². The zero-order valence-corrected chi connectivity index (χ0v) is 15.0. The molecule has 140 valence electrons. The second-order valence-electron chi connectivity index (χ2n) is 6.25. The summed E-state index contributed by atoms with van der Waals surface area (Å²) in [7, 11) is 0. The summed E-state index contributed by atoms with van der Waals surface area (Å²) in [4.78, 5) is 36.1. The number of rotatable bonds is 4. The normalized spacial score (nSPS) is 16.5. The van der Waals surface area contributed by atoms with Crippen molar-refractivity contribution in [1.82, 2.24) is 0 Å². The fraction of sp³-hybridized carbons (Fsp3) is 0.222. The summed E-state index contributed by atoms with van der Waals surface area (Å²) in [5, 5.41) is 13.8. The molecule has 2 aromatic rings. The minimum absolute atomic E-state index is 0.000612. The Morgan fingerprint density at radius 2 is 2.07 bits per heavy atom. The molecule has 9 heteroatoms. The van der Waals surface area contributed by atoms with Crippen LogP contribution in [0.15, 0.2) is 36.4 Å². The van der Waals surface area contributed by atoms with Crippen LogP contribution in [-0.2, 0) is 9.59 Å². The number of anilines is 2. The van der Waals surface area contributed by atoms with E-state index in [1.54, 1.807) is 18.2 Å². The molecule has 1 N–H and O–H groups in total.